The van der Waals surface area contributed by atoms with Crippen molar-refractivity contribution in [3.05, 3.63) is 0 Å². The van der Waals surface area contributed by atoms with Gasteiger partial charge in [-0.3, -0.25) is 4.90 Å². The van der Waals surface area contributed by atoms with Crippen LogP contribution in [-0.4, -0.2) is 47.4 Å². The predicted octanol–water partition coefficient (Wildman–Crippen LogP) is 1.90. The van der Waals surface area contributed by atoms with Gasteiger partial charge in [-0.15, -0.1) is 0 Å². The maximum Gasteiger partial charge on any atom is 0.120 e. The summed E-state index contributed by atoms with van der Waals surface area (Å²) in [6.45, 7) is 14.1. The maximum atomic E-state index is 9.37. The molecule has 17 heavy (non-hydrogen) atoms. The molecule has 0 atom stereocenters. The maximum absolute atomic E-state index is 9.37. The van der Waals surface area contributed by atoms with Gasteiger partial charge < -0.3 is 9.84 Å². The van der Waals surface area contributed by atoms with Crippen LogP contribution in [0.25, 0.3) is 0 Å². The number of rotatable bonds is 6. The molecule has 0 heterocycles. The molecule has 0 rings (SSSR count). The van der Waals surface area contributed by atoms with Gasteiger partial charge in [0.15, 0.2) is 0 Å². The molecule has 0 amide bonds. The standard InChI is InChI=1S/C14H27NO2/c1-12(2)15(13(3)4)9-11-17-10-7-8-14(5,6)16/h12-13,16H,9-11H2,1-6H3. The summed E-state index contributed by atoms with van der Waals surface area (Å²) >= 11 is 0. The van der Waals surface area contributed by atoms with Gasteiger partial charge in [-0.1, -0.05) is 11.8 Å². The summed E-state index contributed by atoms with van der Waals surface area (Å²) in [5, 5.41) is 9.37. The lowest BCUT2D eigenvalue weighted by molar-refractivity contribution is 0.0939. The van der Waals surface area contributed by atoms with Crippen molar-refractivity contribution in [2.75, 3.05) is 19.8 Å². The minimum absolute atomic E-state index is 0.383. The zero-order valence-electron chi connectivity index (χ0n) is 12.1. The number of aliphatic hydroxyl groups is 1. The third-order valence-electron chi connectivity index (χ3n) is 2.39. The van der Waals surface area contributed by atoms with Gasteiger partial charge in [-0.25, -0.2) is 0 Å². The van der Waals surface area contributed by atoms with Crippen molar-refractivity contribution in [1.82, 2.24) is 4.90 Å². The number of hydrogen-bond acceptors (Lipinski definition) is 3. The highest BCUT2D eigenvalue weighted by atomic mass is 16.5. The predicted molar refractivity (Wildman–Crippen MR) is 71.9 cm³/mol. The molecule has 0 aliphatic carbocycles. The Morgan fingerprint density at radius 2 is 1.71 bits per heavy atom. The Labute approximate surface area is 106 Å². The fourth-order valence-corrected chi connectivity index (χ4v) is 1.66. The normalized spacial score (nSPS) is 12.1. The molecule has 0 aliphatic rings. The van der Waals surface area contributed by atoms with E-state index in [4.69, 9.17) is 4.74 Å². The van der Waals surface area contributed by atoms with Crippen LogP contribution in [-0.2, 0) is 4.74 Å². The minimum atomic E-state index is -0.925. The highest BCUT2D eigenvalue weighted by molar-refractivity contribution is 5.10. The van der Waals surface area contributed by atoms with Gasteiger partial charge in [0.1, 0.15) is 12.2 Å². The molecule has 3 nitrogen and oxygen atoms in total. The molecular formula is C14H27NO2. The molecule has 100 valence electrons. The summed E-state index contributed by atoms with van der Waals surface area (Å²) in [7, 11) is 0. The molecule has 1 N–H and O–H groups in total. The first kappa shape index (κ1) is 16.4. The second-order valence-electron chi connectivity index (χ2n) is 5.34. The highest BCUT2D eigenvalue weighted by Crippen LogP contribution is 2.03. The first-order valence-electron chi connectivity index (χ1n) is 6.30. The van der Waals surface area contributed by atoms with E-state index in [0.29, 0.717) is 25.3 Å². The van der Waals surface area contributed by atoms with Crippen LogP contribution in [0.2, 0.25) is 0 Å². The Bertz CT molecular complexity index is 248. The van der Waals surface area contributed by atoms with Crippen molar-refractivity contribution < 1.29 is 9.84 Å². The molecule has 0 aromatic heterocycles. The summed E-state index contributed by atoms with van der Waals surface area (Å²) in [6.07, 6.45) is 0. The molecule has 0 saturated heterocycles. The van der Waals surface area contributed by atoms with Gasteiger partial charge in [0, 0.05) is 18.6 Å². The van der Waals surface area contributed by atoms with E-state index in [1.54, 1.807) is 13.8 Å². The quantitative estimate of drug-likeness (QED) is 0.569. The van der Waals surface area contributed by atoms with E-state index in [1.807, 2.05) is 0 Å². The van der Waals surface area contributed by atoms with Crippen LogP contribution in [0.5, 0.6) is 0 Å². The first-order valence-corrected chi connectivity index (χ1v) is 6.30. The summed E-state index contributed by atoms with van der Waals surface area (Å²) in [6, 6.07) is 1.06. The smallest absolute Gasteiger partial charge is 0.120 e. The molecule has 0 radical (unpaired) electrons. The van der Waals surface area contributed by atoms with Crippen LogP contribution in [0.1, 0.15) is 41.5 Å². The van der Waals surface area contributed by atoms with E-state index in [2.05, 4.69) is 44.4 Å². The van der Waals surface area contributed by atoms with Gasteiger partial charge >= 0.3 is 0 Å². The number of ether oxygens (including phenoxy) is 1. The van der Waals surface area contributed by atoms with E-state index in [0.717, 1.165) is 6.54 Å². The zero-order chi connectivity index (χ0) is 13.5. The lowest BCUT2D eigenvalue weighted by Crippen LogP contribution is -2.39. The van der Waals surface area contributed by atoms with Crippen LogP contribution < -0.4 is 0 Å². The monoisotopic (exact) mass is 241 g/mol. The third-order valence-corrected chi connectivity index (χ3v) is 2.39. The third kappa shape index (κ3) is 9.17. The van der Waals surface area contributed by atoms with Crippen molar-refractivity contribution in [1.29, 1.82) is 0 Å². The Kier molecular flexibility index (Phi) is 7.45. The molecule has 0 aromatic carbocycles. The molecule has 0 saturated carbocycles. The van der Waals surface area contributed by atoms with E-state index < -0.39 is 5.60 Å². The Hall–Kier alpha value is -0.560. The van der Waals surface area contributed by atoms with Gasteiger partial charge in [0.05, 0.1) is 6.61 Å². The molecular weight excluding hydrogens is 214 g/mol. The lowest BCUT2D eigenvalue weighted by Gasteiger charge is -2.30. The van der Waals surface area contributed by atoms with E-state index in [9.17, 15) is 5.11 Å². The fraction of sp³-hybridized carbons (Fsp3) is 0.857. The molecule has 3 heteroatoms. The van der Waals surface area contributed by atoms with Crippen LogP contribution in [0.4, 0.5) is 0 Å². The van der Waals surface area contributed by atoms with Crippen molar-refractivity contribution in [2.45, 2.75) is 59.2 Å². The van der Waals surface area contributed by atoms with Crippen molar-refractivity contribution in [2.24, 2.45) is 0 Å². The Balaban J connectivity index is 3.79. The van der Waals surface area contributed by atoms with E-state index >= 15 is 0 Å². The molecule has 0 spiro atoms. The Morgan fingerprint density at radius 3 is 2.12 bits per heavy atom. The minimum Gasteiger partial charge on any atom is -0.378 e. The first-order chi connectivity index (χ1) is 7.74. The van der Waals surface area contributed by atoms with Gasteiger partial charge in [-0.05, 0) is 41.5 Å². The SMILES string of the molecule is CC(C)N(CCOCC#CC(C)(C)O)C(C)C. The highest BCUT2D eigenvalue weighted by Gasteiger charge is 2.12. The molecule has 0 unspecified atom stereocenters. The van der Waals surface area contributed by atoms with Gasteiger partial charge in [-0.2, -0.15) is 0 Å². The number of hydrogen-bond donors (Lipinski definition) is 1. The van der Waals surface area contributed by atoms with Crippen LogP contribution in [0, 0.1) is 11.8 Å². The fourth-order valence-electron chi connectivity index (χ4n) is 1.66. The lowest BCUT2D eigenvalue weighted by atomic mass is 10.1. The summed E-state index contributed by atoms with van der Waals surface area (Å²) in [5.41, 5.74) is -0.925. The molecule has 0 bridgehead atoms. The van der Waals surface area contributed by atoms with Gasteiger partial charge in [0.25, 0.3) is 0 Å². The van der Waals surface area contributed by atoms with Crippen molar-refractivity contribution in [3.8, 4) is 11.8 Å². The summed E-state index contributed by atoms with van der Waals surface area (Å²) in [4.78, 5) is 2.38. The molecule has 0 aliphatic heterocycles. The van der Waals surface area contributed by atoms with Crippen molar-refractivity contribution in [3.63, 3.8) is 0 Å². The second-order valence-corrected chi connectivity index (χ2v) is 5.34. The average molecular weight is 241 g/mol. The summed E-state index contributed by atoms with van der Waals surface area (Å²) in [5.74, 6) is 5.54. The largest absolute Gasteiger partial charge is 0.378 e. The average Bonchev–Trinajstić information content (AvgIpc) is 2.13. The zero-order valence-corrected chi connectivity index (χ0v) is 12.1. The van der Waals surface area contributed by atoms with Crippen LogP contribution >= 0.6 is 0 Å². The molecule has 0 aromatic rings. The molecule has 0 fully saturated rings. The second kappa shape index (κ2) is 7.71. The van der Waals surface area contributed by atoms with Crippen LogP contribution in [0.15, 0.2) is 0 Å². The van der Waals surface area contributed by atoms with Crippen LogP contribution in [0.3, 0.4) is 0 Å². The summed E-state index contributed by atoms with van der Waals surface area (Å²) < 4.78 is 5.43. The van der Waals surface area contributed by atoms with Crippen molar-refractivity contribution >= 4 is 0 Å². The number of nitrogens with zero attached hydrogens (tertiary/aromatic N) is 1. The topological polar surface area (TPSA) is 32.7 Å². The van der Waals surface area contributed by atoms with Gasteiger partial charge in [0.2, 0.25) is 0 Å². The Morgan fingerprint density at radius 1 is 1.18 bits per heavy atom. The van der Waals surface area contributed by atoms with E-state index in [-0.39, 0.29) is 0 Å². The van der Waals surface area contributed by atoms with E-state index in [1.165, 1.54) is 0 Å².